The fraction of sp³-hybridized carbons (Fsp3) is 0.848. The van der Waals surface area contributed by atoms with Crippen molar-refractivity contribution in [2.45, 2.75) is 315 Å². The van der Waals surface area contributed by atoms with E-state index in [1.807, 2.05) is 21.1 Å². The Hall–Kier alpha value is -2.03. The van der Waals surface area contributed by atoms with E-state index in [9.17, 15) is 19.0 Å². The van der Waals surface area contributed by atoms with Crippen molar-refractivity contribution in [2.24, 2.45) is 0 Å². The zero-order chi connectivity index (χ0) is 55.6. The van der Waals surface area contributed by atoms with Gasteiger partial charge in [-0.25, -0.2) is 0 Å². The van der Waals surface area contributed by atoms with E-state index < -0.39 is 26.5 Å². The largest absolute Gasteiger partial charge is 0.756 e. The molecule has 0 fully saturated rings. The number of nitrogens with zero attached hydrogens (tertiary/aromatic N) is 1. The Morgan fingerprint density at radius 1 is 0.408 bits per heavy atom. The highest BCUT2D eigenvalue weighted by atomic mass is 31.2. The summed E-state index contributed by atoms with van der Waals surface area (Å²) in [5.41, 5.74) is 0. The number of quaternary nitrogens is 1. The highest BCUT2D eigenvalue weighted by Gasteiger charge is 2.22. The lowest BCUT2D eigenvalue weighted by Crippen LogP contribution is -2.37. The zero-order valence-corrected chi connectivity index (χ0v) is 51.6. The molecule has 0 aliphatic heterocycles. The summed E-state index contributed by atoms with van der Waals surface area (Å²) in [4.78, 5) is 37.9. The van der Waals surface area contributed by atoms with Crippen LogP contribution in [0.5, 0.6) is 0 Å². The highest BCUT2D eigenvalue weighted by Crippen LogP contribution is 2.38. The van der Waals surface area contributed by atoms with E-state index >= 15 is 0 Å². The maximum Gasteiger partial charge on any atom is 0.306 e. The second-order valence-electron chi connectivity index (χ2n) is 23.1. The Kier molecular flexibility index (Phi) is 56.1. The molecule has 0 amide bonds. The molecule has 10 heteroatoms. The van der Waals surface area contributed by atoms with Gasteiger partial charge in [0, 0.05) is 12.8 Å². The molecule has 0 saturated heterocycles. The molecule has 0 aromatic heterocycles. The van der Waals surface area contributed by atoms with Crippen molar-refractivity contribution in [3.63, 3.8) is 0 Å². The third-order valence-electron chi connectivity index (χ3n) is 14.3. The van der Waals surface area contributed by atoms with Gasteiger partial charge in [-0.05, 0) is 77.0 Å². The molecule has 0 aliphatic carbocycles. The number of phosphoric ester groups is 1. The van der Waals surface area contributed by atoms with Crippen LogP contribution in [-0.2, 0) is 32.7 Å². The Balaban J connectivity index is 4.03. The van der Waals surface area contributed by atoms with Gasteiger partial charge in [0.05, 0.1) is 27.7 Å². The first-order chi connectivity index (χ1) is 37.0. The number of rotatable bonds is 60. The van der Waals surface area contributed by atoms with E-state index in [0.29, 0.717) is 17.4 Å². The minimum absolute atomic E-state index is 0.0300. The van der Waals surface area contributed by atoms with E-state index in [2.05, 4.69) is 62.5 Å². The van der Waals surface area contributed by atoms with Crippen molar-refractivity contribution < 1.29 is 42.1 Å². The van der Waals surface area contributed by atoms with Crippen LogP contribution < -0.4 is 4.89 Å². The van der Waals surface area contributed by atoms with E-state index in [1.54, 1.807) is 0 Å². The average Bonchev–Trinajstić information content (AvgIpc) is 3.38. The van der Waals surface area contributed by atoms with Crippen LogP contribution in [0.1, 0.15) is 309 Å². The molecule has 0 saturated carbocycles. The summed E-state index contributed by atoms with van der Waals surface area (Å²) in [6, 6.07) is 0. The molecule has 2 atom stereocenters. The topological polar surface area (TPSA) is 111 Å². The Labute approximate surface area is 471 Å². The van der Waals surface area contributed by atoms with Crippen LogP contribution >= 0.6 is 7.82 Å². The van der Waals surface area contributed by atoms with Crippen molar-refractivity contribution in [3.05, 3.63) is 48.6 Å². The Morgan fingerprint density at radius 3 is 1.07 bits per heavy atom. The molecule has 9 nitrogen and oxygen atoms in total. The lowest BCUT2D eigenvalue weighted by atomic mass is 10.0. The van der Waals surface area contributed by atoms with Gasteiger partial charge in [-0.2, -0.15) is 0 Å². The molecule has 2 unspecified atom stereocenters. The molecule has 0 aromatic rings. The number of carbonyl (C=O) groups is 2. The minimum Gasteiger partial charge on any atom is -0.756 e. The molecular weight excluding hydrogens is 966 g/mol. The van der Waals surface area contributed by atoms with Crippen molar-refractivity contribution >= 4 is 19.8 Å². The first-order valence-corrected chi connectivity index (χ1v) is 33.8. The Morgan fingerprint density at radius 2 is 0.711 bits per heavy atom. The van der Waals surface area contributed by atoms with E-state index in [4.69, 9.17) is 18.5 Å². The SMILES string of the molecule is CCCCCCC/C=C\C/C=C\C/C=C\CCCCCCCCCCCCCCCCCCCCC(=O)OC(COC(=O)CCCCCCCCCCC/C=C\CCCCCCCC)COP(=O)([O-])OCC[N+](C)(C)C. The number of unbranched alkanes of at least 4 members (excludes halogenated alkanes) is 38. The van der Waals surface area contributed by atoms with E-state index in [1.165, 1.54) is 225 Å². The number of likely N-dealkylation sites (N-methyl/N-ethyl adjacent to an activating group) is 1. The second-order valence-corrected chi connectivity index (χ2v) is 24.5. The van der Waals surface area contributed by atoms with E-state index in [-0.39, 0.29) is 32.0 Å². The zero-order valence-electron chi connectivity index (χ0n) is 50.7. The number of hydrogen-bond acceptors (Lipinski definition) is 8. The molecule has 0 spiro atoms. The van der Waals surface area contributed by atoms with Crippen molar-refractivity contribution in [1.29, 1.82) is 0 Å². The number of carbonyl (C=O) groups excluding carboxylic acids is 2. The molecule has 0 radical (unpaired) electrons. The average molecular weight is 1090 g/mol. The maximum absolute atomic E-state index is 12.8. The van der Waals surface area contributed by atoms with Crippen LogP contribution in [0.15, 0.2) is 48.6 Å². The summed E-state index contributed by atoms with van der Waals surface area (Å²) in [5, 5.41) is 0. The molecule has 0 bridgehead atoms. The second kappa shape index (κ2) is 57.6. The number of phosphoric acid groups is 1. The maximum atomic E-state index is 12.8. The quantitative estimate of drug-likeness (QED) is 0.0195. The van der Waals surface area contributed by atoms with Gasteiger partial charge in [0.2, 0.25) is 0 Å². The number of hydrogen-bond donors (Lipinski definition) is 0. The molecule has 446 valence electrons. The van der Waals surface area contributed by atoms with Gasteiger partial charge in [0.15, 0.2) is 6.10 Å². The lowest BCUT2D eigenvalue weighted by molar-refractivity contribution is -0.870. The first kappa shape index (κ1) is 74.0. The molecule has 0 aromatic carbocycles. The fourth-order valence-corrected chi connectivity index (χ4v) is 10.0. The van der Waals surface area contributed by atoms with Gasteiger partial charge in [-0.15, -0.1) is 0 Å². The van der Waals surface area contributed by atoms with Gasteiger partial charge in [-0.3, -0.25) is 14.2 Å². The predicted molar refractivity (Wildman–Crippen MR) is 324 cm³/mol. The fourth-order valence-electron chi connectivity index (χ4n) is 9.31. The van der Waals surface area contributed by atoms with Crippen molar-refractivity contribution in [1.82, 2.24) is 0 Å². The lowest BCUT2D eigenvalue weighted by Gasteiger charge is -2.28. The van der Waals surface area contributed by atoms with Gasteiger partial charge in [0.1, 0.15) is 19.8 Å². The van der Waals surface area contributed by atoms with Crippen LogP contribution in [0.25, 0.3) is 0 Å². The molecule has 0 aliphatic rings. The standard InChI is InChI=1S/C66H124NO8P/c1-6-8-10-12-14-16-18-20-22-24-26-27-28-29-30-31-32-33-34-35-36-37-38-39-41-43-45-47-49-51-53-55-57-59-66(69)75-64(63-74-76(70,71)73-61-60-67(3,4)5)62-72-65(68)58-56-54-52-50-48-46-44-42-40-25-23-21-19-17-15-13-11-9-7-2/h18,20-21,23-24,26,28-29,64H,6-17,19,22,25,27,30-63H2,1-5H3/b20-18-,23-21-,26-24-,29-28-. The highest BCUT2D eigenvalue weighted by molar-refractivity contribution is 7.45. The first-order valence-electron chi connectivity index (χ1n) is 32.3. The molecule has 0 rings (SSSR count). The monoisotopic (exact) mass is 1090 g/mol. The van der Waals surface area contributed by atoms with Crippen LogP contribution in [0.3, 0.4) is 0 Å². The molecule has 0 N–H and O–H groups in total. The summed E-state index contributed by atoms with van der Waals surface area (Å²) in [6.45, 7) is 4.26. The molecular formula is C66H124NO8P. The number of esters is 2. The Bertz CT molecular complexity index is 1420. The summed E-state index contributed by atoms with van der Waals surface area (Å²) in [6.07, 6.45) is 73.2. The third kappa shape index (κ3) is 61.2. The van der Waals surface area contributed by atoms with Crippen LogP contribution in [0.2, 0.25) is 0 Å². The smallest absolute Gasteiger partial charge is 0.306 e. The van der Waals surface area contributed by atoms with E-state index in [0.717, 1.165) is 51.4 Å². The van der Waals surface area contributed by atoms with Gasteiger partial charge >= 0.3 is 11.9 Å². The van der Waals surface area contributed by atoms with Gasteiger partial charge in [-0.1, -0.05) is 268 Å². The number of allylic oxidation sites excluding steroid dienone is 8. The normalized spacial score (nSPS) is 13.5. The van der Waals surface area contributed by atoms with Crippen LogP contribution in [-0.4, -0.2) is 70.0 Å². The van der Waals surface area contributed by atoms with Crippen LogP contribution in [0, 0.1) is 0 Å². The van der Waals surface area contributed by atoms with Crippen molar-refractivity contribution in [3.8, 4) is 0 Å². The summed E-state index contributed by atoms with van der Waals surface area (Å²) >= 11 is 0. The summed E-state index contributed by atoms with van der Waals surface area (Å²) in [5.74, 6) is -0.822. The summed E-state index contributed by atoms with van der Waals surface area (Å²) < 4.78 is 34.2. The summed E-state index contributed by atoms with van der Waals surface area (Å²) in [7, 11) is 1.18. The van der Waals surface area contributed by atoms with Crippen LogP contribution in [0.4, 0.5) is 0 Å². The molecule has 76 heavy (non-hydrogen) atoms. The minimum atomic E-state index is -4.64. The van der Waals surface area contributed by atoms with Gasteiger partial charge < -0.3 is 27.9 Å². The van der Waals surface area contributed by atoms with Crippen molar-refractivity contribution in [2.75, 3.05) is 47.5 Å². The molecule has 0 heterocycles. The number of ether oxygens (including phenoxy) is 2. The predicted octanol–water partition coefficient (Wildman–Crippen LogP) is 19.9. The third-order valence-corrected chi connectivity index (χ3v) is 15.3. The van der Waals surface area contributed by atoms with Gasteiger partial charge in [0.25, 0.3) is 7.82 Å².